The normalized spacial score (nSPS) is 15.2. The van der Waals surface area contributed by atoms with E-state index in [0.717, 1.165) is 11.6 Å². The van der Waals surface area contributed by atoms with E-state index in [1.54, 1.807) is 19.1 Å². The fourth-order valence-corrected chi connectivity index (χ4v) is 5.12. The van der Waals surface area contributed by atoms with Crippen molar-refractivity contribution in [1.82, 2.24) is 4.98 Å². The summed E-state index contributed by atoms with van der Waals surface area (Å²) in [6.07, 6.45) is -3.97. The topological polar surface area (TPSA) is 79.3 Å². The Morgan fingerprint density at radius 1 is 0.911 bits per heavy atom. The predicted molar refractivity (Wildman–Crippen MR) is 155 cm³/mol. The molecule has 1 aliphatic carbocycles. The number of carboxylic acids is 1. The lowest BCUT2D eigenvalue weighted by Gasteiger charge is -2.27. The summed E-state index contributed by atoms with van der Waals surface area (Å²) in [5, 5.41) is 12.1. The zero-order valence-corrected chi connectivity index (χ0v) is 24.5. The molecule has 0 radical (unpaired) electrons. The summed E-state index contributed by atoms with van der Waals surface area (Å²) in [6, 6.07) is 6.90. The van der Waals surface area contributed by atoms with Gasteiger partial charge in [-0.05, 0) is 104 Å². The Bertz CT molecular complexity index is 1670. The van der Waals surface area contributed by atoms with Gasteiger partial charge in [0.05, 0.1) is 40.7 Å². The van der Waals surface area contributed by atoms with Crippen molar-refractivity contribution in [2.24, 2.45) is 0 Å². The quantitative estimate of drug-likeness (QED) is 0.191. The zero-order chi connectivity index (χ0) is 33.3. The first-order chi connectivity index (χ1) is 20.9. The number of allylic oxidation sites excluding steroid dienone is 3. The number of hydrogen-bond donors (Lipinski definition) is 2. The van der Waals surface area contributed by atoms with Crippen molar-refractivity contribution < 1.29 is 45.4 Å². The van der Waals surface area contributed by atoms with Gasteiger partial charge in [0.25, 0.3) is 0 Å². The number of aryl methyl sites for hydroxylation is 1. The highest BCUT2D eigenvalue weighted by atomic mass is 19.4. The smallest absolute Gasteiger partial charge is 0.416 e. The van der Waals surface area contributed by atoms with Gasteiger partial charge in [0.2, 0.25) is 0 Å². The maximum Gasteiger partial charge on any atom is 0.416 e. The van der Waals surface area contributed by atoms with Gasteiger partial charge in [0, 0.05) is 11.6 Å². The third-order valence-corrected chi connectivity index (χ3v) is 7.74. The summed E-state index contributed by atoms with van der Waals surface area (Å²) in [5.74, 6) is -2.25. The molecule has 1 heterocycles. The lowest BCUT2D eigenvalue weighted by molar-refractivity contribution is -0.143. The minimum absolute atomic E-state index is 0.00894. The van der Waals surface area contributed by atoms with Crippen molar-refractivity contribution in [3.05, 3.63) is 100 Å². The predicted octanol–water partition coefficient (Wildman–Crippen LogP) is 8.77. The highest BCUT2D eigenvalue weighted by Crippen LogP contribution is 2.40. The molecule has 12 heteroatoms. The molecule has 0 atom stereocenters. The van der Waals surface area contributed by atoms with Gasteiger partial charge in [-0.25, -0.2) is 9.18 Å². The number of pyridine rings is 1. The van der Waals surface area contributed by atoms with Gasteiger partial charge in [0.1, 0.15) is 5.82 Å². The monoisotopic (exact) mass is 634 g/mol. The van der Waals surface area contributed by atoms with Gasteiger partial charge in [-0.3, -0.25) is 9.78 Å². The van der Waals surface area contributed by atoms with E-state index in [1.165, 1.54) is 38.2 Å². The third kappa shape index (κ3) is 7.79. The molecule has 2 N–H and O–H groups in total. The van der Waals surface area contributed by atoms with E-state index in [9.17, 15) is 40.3 Å². The average Bonchev–Trinajstić information content (AvgIpc) is 2.94. The number of ketones is 1. The standard InChI is InChI=1S/C33H29F7N2O3/c1-18-9-24(34)7-8-25(18)26-15-27(20-6-4-5-19(10-20)11-30(44)45)41-16-28(26)42-17-29(43)31(2,3)21-12-22(32(35,36)37)14-23(13-21)33(38,39)40/h7-16,42H,4-6,17H2,1-3H3,(H,44,45). The minimum Gasteiger partial charge on any atom is -0.478 e. The van der Waals surface area contributed by atoms with Crippen molar-refractivity contribution in [3.8, 4) is 11.1 Å². The minimum atomic E-state index is -5.07. The van der Waals surface area contributed by atoms with Crippen LogP contribution in [-0.4, -0.2) is 28.4 Å². The van der Waals surface area contributed by atoms with E-state index in [2.05, 4.69) is 10.3 Å². The summed E-state index contributed by atoms with van der Waals surface area (Å²) in [7, 11) is 0. The van der Waals surface area contributed by atoms with Crippen LogP contribution in [0.1, 0.15) is 61.1 Å². The maximum absolute atomic E-state index is 14.0. The fraction of sp³-hybridized carbons (Fsp3) is 0.303. The van der Waals surface area contributed by atoms with Crippen LogP contribution in [0, 0.1) is 12.7 Å². The molecule has 3 aromatic rings. The molecule has 5 nitrogen and oxygen atoms in total. The number of aliphatic carboxylic acids is 1. The van der Waals surface area contributed by atoms with E-state index in [-0.39, 0.29) is 6.07 Å². The number of rotatable bonds is 8. The van der Waals surface area contributed by atoms with Gasteiger partial charge in [-0.2, -0.15) is 26.3 Å². The van der Waals surface area contributed by atoms with Gasteiger partial charge in [-0.15, -0.1) is 0 Å². The number of nitrogens with zero attached hydrogens (tertiary/aromatic N) is 1. The molecule has 0 amide bonds. The molecule has 4 rings (SSSR count). The molecular formula is C33H29F7N2O3. The second kappa shape index (κ2) is 12.5. The summed E-state index contributed by atoms with van der Waals surface area (Å²) in [5.41, 5.74) is -1.39. The van der Waals surface area contributed by atoms with Crippen LogP contribution in [-0.2, 0) is 27.4 Å². The number of benzene rings is 2. The van der Waals surface area contributed by atoms with Crippen LogP contribution in [0.5, 0.6) is 0 Å². The molecule has 0 saturated heterocycles. The summed E-state index contributed by atoms with van der Waals surface area (Å²) in [6.45, 7) is 3.69. The zero-order valence-electron chi connectivity index (χ0n) is 24.5. The number of carbonyl (C=O) groups excluding carboxylic acids is 1. The largest absolute Gasteiger partial charge is 0.478 e. The number of Topliss-reactive ketones (excluding diaryl/α,β-unsaturated/α-hetero) is 1. The first kappa shape index (κ1) is 33.4. The lowest BCUT2D eigenvalue weighted by atomic mass is 9.79. The Kier molecular flexibility index (Phi) is 9.27. The highest BCUT2D eigenvalue weighted by molar-refractivity contribution is 5.94. The van der Waals surface area contributed by atoms with E-state index in [0.29, 0.717) is 65.0 Å². The van der Waals surface area contributed by atoms with Gasteiger partial charge in [-0.1, -0.05) is 12.1 Å². The van der Waals surface area contributed by atoms with Crippen LogP contribution >= 0.6 is 0 Å². The van der Waals surface area contributed by atoms with Crippen molar-refractivity contribution in [1.29, 1.82) is 0 Å². The summed E-state index contributed by atoms with van der Waals surface area (Å²) >= 11 is 0. The van der Waals surface area contributed by atoms with Crippen LogP contribution in [0.3, 0.4) is 0 Å². The van der Waals surface area contributed by atoms with Gasteiger partial charge >= 0.3 is 18.3 Å². The van der Waals surface area contributed by atoms with Crippen LogP contribution < -0.4 is 5.32 Å². The Morgan fingerprint density at radius 2 is 1.53 bits per heavy atom. The second-order valence-corrected chi connectivity index (χ2v) is 11.4. The van der Waals surface area contributed by atoms with Crippen LogP contribution in [0.2, 0.25) is 0 Å². The van der Waals surface area contributed by atoms with E-state index in [4.69, 9.17) is 5.11 Å². The molecule has 0 fully saturated rings. The molecule has 0 unspecified atom stereocenters. The molecule has 238 valence electrons. The Morgan fingerprint density at radius 3 is 2.11 bits per heavy atom. The summed E-state index contributed by atoms with van der Waals surface area (Å²) < 4.78 is 94.8. The molecular weight excluding hydrogens is 605 g/mol. The molecule has 0 aliphatic heterocycles. The fourth-order valence-electron chi connectivity index (χ4n) is 5.12. The number of halogens is 7. The number of aromatic nitrogens is 1. The molecule has 0 bridgehead atoms. The first-order valence-electron chi connectivity index (χ1n) is 13.8. The Hall–Kier alpha value is -4.48. The number of carbonyl (C=O) groups is 2. The number of carboxylic acid groups (broad SMARTS) is 1. The summed E-state index contributed by atoms with van der Waals surface area (Å²) in [4.78, 5) is 29.1. The molecule has 0 saturated carbocycles. The van der Waals surface area contributed by atoms with Crippen LogP contribution in [0.25, 0.3) is 16.7 Å². The molecule has 45 heavy (non-hydrogen) atoms. The number of hydrogen-bond acceptors (Lipinski definition) is 4. The highest BCUT2D eigenvalue weighted by Gasteiger charge is 2.40. The number of alkyl halides is 6. The molecule has 1 aliphatic rings. The Balaban J connectivity index is 1.71. The molecule has 0 spiro atoms. The number of anilines is 1. The van der Waals surface area contributed by atoms with E-state index < -0.39 is 58.6 Å². The Labute approximate surface area is 254 Å². The van der Waals surface area contributed by atoms with Crippen LogP contribution in [0.15, 0.2) is 66.4 Å². The lowest BCUT2D eigenvalue weighted by Crippen LogP contribution is -2.35. The van der Waals surface area contributed by atoms with Crippen molar-refractivity contribution in [2.45, 2.75) is 57.8 Å². The van der Waals surface area contributed by atoms with Crippen molar-refractivity contribution in [3.63, 3.8) is 0 Å². The average molecular weight is 635 g/mol. The maximum atomic E-state index is 14.0. The van der Waals surface area contributed by atoms with Crippen molar-refractivity contribution >= 4 is 23.0 Å². The second-order valence-electron chi connectivity index (χ2n) is 11.4. The molecule has 2 aromatic carbocycles. The van der Waals surface area contributed by atoms with Gasteiger partial charge in [0.15, 0.2) is 5.78 Å². The van der Waals surface area contributed by atoms with E-state index >= 15 is 0 Å². The number of nitrogens with one attached hydrogen (secondary N) is 1. The van der Waals surface area contributed by atoms with Gasteiger partial charge < -0.3 is 10.4 Å². The third-order valence-electron chi connectivity index (χ3n) is 7.74. The SMILES string of the molecule is Cc1cc(F)ccc1-c1cc(C2=CC(=CC(=O)O)CCC2)ncc1NCC(=O)C(C)(C)c1cc(C(F)(F)F)cc(C(F)(F)F)c1. The van der Waals surface area contributed by atoms with Crippen LogP contribution in [0.4, 0.5) is 36.4 Å². The molecule has 1 aromatic heterocycles. The van der Waals surface area contributed by atoms with Crippen molar-refractivity contribution in [2.75, 3.05) is 11.9 Å². The van der Waals surface area contributed by atoms with E-state index in [1.807, 2.05) is 0 Å². The first-order valence-corrected chi connectivity index (χ1v) is 13.8.